The number of amides is 2. The highest BCUT2D eigenvalue weighted by Crippen LogP contribution is 2.12. The van der Waals surface area contributed by atoms with E-state index in [2.05, 4.69) is 10.6 Å². The molecule has 0 radical (unpaired) electrons. The Bertz CT molecular complexity index is 478. The highest BCUT2D eigenvalue weighted by molar-refractivity contribution is 7.84. The van der Waals surface area contributed by atoms with E-state index in [-0.39, 0.29) is 6.03 Å². The number of hydrogen-bond donors (Lipinski definition) is 2. The van der Waals surface area contributed by atoms with Crippen LogP contribution in [0.2, 0.25) is 0 Å². The van der Waals surface area contributed by atoms with Crippen molar-refractivity contribution in [2.24, 2.45) is 5.92 Å². The molecule has 0 aliphatic carbocycles. The molecule has 0 heterocycles. The zero-order valence-corrected chi connectivity index (χ0v) is 13.7. The van der Waals surface area contributed by atoms with Crippen LogP contribution in [0.25, 0.3) is 0 Å². The van der Waals surface area contributed by atoms with Gasteiger partial charge in [0, 0.05) is 41.6 Å². The standard InChI is InChI=1S/C15H24N2O3S/c1-12(2)10-16-15(18)17-14-6-4-5-13(9-14)11-21(19)8-7-20-3/h4-6,9,12H,7-8,10-11H2,1-3H3,(H2,16,17,18). The number of hydrogen-bond acceptors (Lipinski definition) is 3. The number of methoxy groups -OCH3 is 1. The van der Waals surface area contributed by atoms with E-state index in [4.69, 9.17) is 4.74 Å². The van der Waals surface area contributed by atoms with E-state index >= 15 is 0 Å². The zero-order chi connectivity index (χ0) is 15.7. The number of nitrogens with one attached hydrogen (secondary N) is 2. The third kappa shape index (κ3) is 7.82. The minimum Gasteiger partial charge on any atom is -0.384 e. The fourth-order valence-corrected chi connectivity index (χ4v) is 2.69. The summed E-state index contributed by atoms with van der Waals surface area (Å²) in [6, 6.07) is 7.19. The molecule has 0 saturated heterocycles. The Balaban J connectivity index is 2.52. The molecule has 2 N–H and O–H groups in total. The summed E-state index contributed by atoms with van der Waals surface area (Å²) in [4.78, 5) is 11.7. The van der Waals surface area contributed by atoms with Crippen LogP contribution in [0.3, 0.4) is 0 Å². The molecule has 0 bridgehead atoms. The van der Waals surface area contributed by atoms with Crippen molar-refractivity contribution in [3.8, 4) is 0 Å². The second-order valence-electron chi connectivity index (χ2n) is 5.21. The largest absolute Gasteiger partial charge is 0.384 e. The van der Waals surface area contributed by atoms with Crippen LogP contribution < -0.4 is 10.6 Å². The Kier molecular flexibility index (Phi) is 8.00. The van der Waals surface area contributed by atoms with Gasteiger partial charge < -0.3 is 15.4 Å². The van der Waals surface area contributed by atoms with Crippen LogP contribution in [0.4, 0.5) is 10.5 Å². The number of benzene rings is 1. The van der Waals surface area contributed by atoms with Gasteiger partial charge in [-0.2, -0.15) is 0 Å². The van der Waals surface area contributed by atoms with E-state index in [0.717, 1.165) is 5.56 Å². The van der Waals surface area contributed by atoms with E-state index in [1.165, 1.54) is 0 Å². The molecule has 0 aliphatic heterocycles. The van der Waals surface area contributed by atoms with Crippen LogP contribution in [0.5, 0.6) is 0 Å². The maximum absolute atomic E-state index is 11.8. The summed E-state index contributed by atoms with van der Waals surface area (Å²) in [6.45, 7) is 5.20. The molecular weight excluding hydrogens is 288 g/mol. The fraction of sp³-hybridized carbons (Fsp3) is 0.533. The number of rotatable bonds is 8. The maximum atomic E-state index is 11.8. The number of ether oxygens (including phenoxy) is 1. The minimum atomic E-state index is -0.955. The van der Waals surface area contributed by atoms with E-state index in [9.17, 15) is 9.00 Å². The Morgan fingerprint density at radius 2 is 2.14 bits per heavy atom. The van der Waals surface area contributed by atoms with Crippen LogP contribution in [0.1, 0.15) is 19.4 Å². The average molecular weight is 312 g/mol. The van der Waals surface area contributed by atoms with Crippen molar-refractivity contribution in [2.75, 3.05) is 31.3 Å². The highest BCUT2D eigenvalue weighted by Gasteiger charge is 2.05. The second-order valence-corrected chi connectivity index (χ2v) is 6.79. The Morgan fingerprint density at radius 3 is 2.81 bits per heavy atom. The predicted molar refractivity (Wildman–Crippen MR) is 86.9 cm³/mol. The van der Waals surface area contributed by atoms with Gasteiger partial charge in [0.15, 0.2) is 0 Å². The number of carbonyl (C=O) groups is 1. The molecule has 1 atom stereocenters. The molecule has 0 aliphatic rings. The minimum absolute atomic E-state index is 0.221. The maximum Gasteiger partial charge on any atom is 0.319 e. The van der Waals surface area contributed by atoms with Crippen LogP contribution >= 0.6 is 0 Å². The molecule has 21 heavy (non-hydrogen) atoms. The van der Waals surface area contributed by atoms with Crippen molar-refractivity contribution >= 4 is 22.5 Å². The predicted octanol–water partition coefficient (Wildman–Crippen LogP) is 2.36. The van der Waals surface area contributed by atoms with E-state index in [0.29, 0.717) is 36.3 Å². The summed E-state index contributed by atoms with van der Waals surface area (Å²) >= 11 is 0. The summed E-state index contributed by atoms with van der Waals surface area (Å²) in [5.74, 6) is 1.39. The molecule has 1 rings (SSSR count). The summed E-state index contributed by atoms with van der Waals surface area (Å²) in [6.07, 6.45) is 0. The van der Waals surface area contributed by atoms with E-state index in [1.807, 2.05) is 38.1 Å². The van der Waals surface area contributed by atoms with Gasteiger partial charge in [0.1, 0.15) is 0 Å². The van der Waals surface area contributed by atoms with Crippen molar-refractivity contribution in [3.63, 3.8) is 0 Å². The Hall–Kier alpha value is -1.40. The molecule has 118 valence electrons. The molecule has 1 aromatic carbocycles. The number of carbonyl (C=O) groups excluding carboxylic acids is 1. The molecule has 1 aromatic rings. The number of urea groups is 1. The molecular formula is C15H24N2O3S. The van der Waals surface area contributed by atoms with Crippen molar-refractivity contribution in [1.82, 2.24) is 5.32 Å². The van der Waals surface area contributed by atoms with Crippen LogP contribution in [-0.4, -0.2) is 36.3 Å². The van der Waals surface area contributed by atoms with Crippen LogP contribution in [-0.2, 0) is 21.3 Å². The highest BCUT2D eigenvalue weighted by atomic mass is 32.2. The Morgan fingerprint density at radius 1 is 1.38 bits per heavy atom. The first-order valence-electron chi connectivity index (χ1n) is 6.99. The van der Waals surface area contributed by atoms with Gasteiger partial charge in [-0.1, -0.05) is 26.0 Å². The number of anilines is 1. The van der Waals surface area contributed by atoms with Crippen molar-refractivity contribution < 1.29 is 13.7 Å². The molecule has 1 unspecified atom stereocenters. The molecule has 0 spiro atoms. The van der Waals surface area contributed by atoms with Crippen LogP contribution in [0.15, 0.2) is 24.3 Å². The normalized spacial score (nSPS) is 12.2. The van der Waals surface area contributed by atoms with Gasteiger partial charge in [0.25, 0.3) is 0 Å². The lowest BCUT2D eigenvalue weighted by Crippen LogP contribution is -2.31. The lowest BCUT2D eigenvalue weighted by molar-refractivity contribution is 0.218. The monoisotopic (exact) mass is 312 g/mol. The lowest BCUT2D eigenvalue weighted by Gasteiger charge is -2.10. The fourth-order valence-electron chi connectivity index (χ4n) is 1.65. The SMILES string of the molecule is COCCS(=O)Cc1cccc(NC(=O)NCC(C)C)c1. The van der Waals surface area contributed by atoms with Crippen molar-refractivity contribution in [1.29, 1.82) is 0 Å². The summed E-state index contributed by atoms with van der Waals surface area (Å²) < 4.78 is 16.7. The molecule has 5 nitrogen and oxygen atoms in total. The van der Waals surface area contributed by atoms with Gasteiger partial charge in [0.05, 0.1) is 6.61 Å². The van der Waals surface area contributed by atoms with Crippen molar-refractivity contribution in [2.45, 2.75) is 19.6 Å². The summed E-state index contributed by atoms with van der Waals surface area (Å²) in [5.41, 5.74) is 1.64. The summed E-state index contributed by atoms with van der Waals surface area (Å²) in [5, 5.41) is 5.57. The average Bonchev–Trinajstić information content (AvgIpc) is 2.43. The van der Waals surface area contributed by atoms with Gasteiger partial charge in [0.2, 0.25) is 0 Å². The first-order valence-corrected chi connectivity index (χ1v) is 8.47. The van der Waals surface area contributed by atoms with Gasteiger partial charge in [-0.05, 0) is 23.6 Å². The molecule has 2 amide bonds. The first kappa shape index (κ1) is 17.7. The second kappa shape index (κ2) is 9.52. The molecule has 0 aromatic heterocycles. The van der Waals surface area contributed by atoms with Gasteiger partial charge in [-0.15, -0.1) is 0 Å². The zero-order valence-electron chi connectivity index (χ0n) is 12.8. The first-order chi connectivity index (χ1) is 10.0. The molecule has 6 heteroatoms. The van der Waals surface area contributed by atoms with E-state index in [1.54, 1.807) is 7.11 Å². The Labute approximate surface area is 128 Å². The summed E-state index contributed by atoms with van der Waals surface area (Å²) in [7, 11) is 0.640. The van der Waals surface area contributed by atoms with Crippen molar-refractivity contribution in [3.05, 3.63) is 29.8 Å². The molecule has 0 fully saturated rings. The van der Waals surface area contributed by atoms with Crippen LogP contribution in [0, 0.1) is 5.92 Å². The van der Waals surface area contributed by atoms with Gasteiger partial charge >= 0.3 is 6.03 Å². The lowest BCUT2D eigenvalue weighted by atomic mass is 10.2. The third-order valence-corrected chi connectivity index (χ3v) is 3.98. The van der Waals surface area contributed by atoms with Gasteiger partial charge in [-0.25, -0.2) is 4.79 Å². The van der Waals surface area contributed by atoms with Gasteiger partial charge in [-0.3, -0.25) is 4.21 Å². The quantitative estimate of drug-likeness (QED) is 0.774. The molecule has 0 saturated carbocycles. The third-order valence-electron chi connectivity index (χ3n) is 2.70. The van der Waals surface area contributed by atoms with E-state index < -0.39 is 10.8 Å². The topological polar surface area (TPSA) is 67.4 Å². The smallest absolute Gasteiger partial charge is 0.319 e.